The number of carbonyl (C=O) groups is 2. The number of hydrogen-bond donors (Lipinski definition) is 1. The number of benzene rings is 1. The molecule has 0 unspecified atom stereocenters. The number of amides is 2. The Morgan fingerprint density at radius 1 is 1.23 bits per heavy atom. The highest BCUT2D eigenvalue weighted by Crippen LogP contribution is 2.23. The van der Waals surface area contributed by atoms with Gasteiger partial charge in [0.1, 0.15) is 11.5 Å². The molecule has 0 fully saturated rings. The summed E-state index contributed by atoms with van der Waals surface area (Å²) in [6.07, 6.45) is 0. The van der Waals surface area contributed by atoms with Crippen LogP contribution in [-0.4, -0.2) is 40.6 Å². The minimum absolute atomic E-state index is 0.0381. The van der Waals surface area contributed by atoms with E-state index in [4.69, 9.17) is 0 Å². The third kappa shape index (κ3) is 4.09. The summed E-state index contributed by atoms with van der Waals surface area (Å²) in [5.41, 5.74) is 1.18. The van der Waals surface area contributed by atoms with Crippen LogP contribution < -0.4 is 5.32 Å². The molecule has 2 rings (SSSR count). The summed E-state index contributed by atoms with van der Waals surface area (Å²) in [6, 6.07) is 5.61. The van der Waals surface area contributed by atoms with Gasteiger partial charge < -0.3 is 10.2 Å². The molecule has 2 aromatic rings. The van der Waals surface area contributed by atoms with E-state index in [1.807, 2.05) is 27.7 Å². The number of carbonyl (C=O) groups excluding carboxylic acids is 2. The molecule has 0 aliphatic rings. The van der Waals surface area contributed by atoms with Crippen molar-refractivity contribution in [3.8, 4) is 0 Å². The monoisotopic (exact) mass is 360 g/mol. The minimum Gasteiger partial charge on any atom is -0.345 e. The highest BCUT2D eigenvalue weighted by molar-refractivity contribution is 6.04. The van der Waals surface area contributed by atoms with E-state index in [-0.39, 0.29) is 17.0 Å². The molecule has 1 heterocycles. The van der Waals surface area contributed by atoms with Crippen LogP contribution in [0.15, 0.2) is 24.3 Å². The molecule has 0 atom stereocenters. The summed E-state index contributed by atoms with van der Waals surface area (Å²) in [6.45, 7) is 8.42. The molecule has 7 heteroatoms. The number of hydrogen-bond acceptors (Lipinski definition) is 3. The van der Waals surface area contributed by atoms with Crippen LogP contribution in [0.25, 0.3) is 0 Å². The van der Waals surface area contributed by atoms with Gasteiger partial charge in [-0.25, -0.2) is 4.39 Å². The number of nitrogens with zero attached hydrogens (tertiary/aromatic N) is 3. The first-order valence-corrected chi connectivity index (χ1v) is 8.45. The lowest BCUT2D eigenvalue weighted by atomic mass is 9.92. The molecule has 0 aliphatic heterocycles. The van der Waals surface area contributed by atoms with E-state index >= 15 is 0 Å². The molecule has 2 amide bonds. The largest absolute Gasteiger partial charge is 0.345 e. The number of rotatable bonds is 4. The van der Waals surface area contributed by atoms with Gasteiger partial charge in [-0.1, -0.05) is 20.8 Å². The lowest BCUT2D eigenvalue weighted by Gasteiger charge is -2.13. The Bertz CT molecular complexity index is 835. The van der Waals surface area contributed by atoms with Crippen LogP contribution in [0.3, 0.4) is 0 Å². The predicted molar refractivity (Wildman–Crippen MR) is 99.0 cm³/mol. The smallest absolute Gasteiger partial charge is 0.274 e. The first kappa shape index (κ1) is 19.6. The van der Waals surface area contributed by atoms with Crippen molar-refractivity contribution in [2.24, 2.45) is 0 Å². The van der Waals surface area contributed by atoms with E-state index < -0.39 is 11.7 Å². The average molecular weight is 360 g/mol. The topological polar surface area (TPSA) is 67.2 Å². The standard InChI is InChI=1S/C19H25FN4O2/c1-7-24-15(11-16(22-24)19(2,3)4)17(25)21-14-10-12(8-9-13(14)20)18(26)23(5)6/h8-11H,7H2,1-6H3,(H,21,25). The predicted octanol–water partition coefficient (Wildman–Crippen LogP) is 3.29. The second kappa shape index (κ2) is 7.27. The summed E-state index contributed by atoms with van der Waals surface area (Å²) in [4.78, 5) is 26.1. The number of anilines is 1. The maximum atomic E-state index is 14.1. The van der Waals surface area contributed by atoms with E-state index in [0.29, 0.717) is 17.8 Å². The molecule has 1 aromatic heterocycles. The number of nitrogens with one attached hydrogen (secondary N) is 1. The molecule has 0 aliphatic carbocycles. The molecule has 0 saturated heterocycles. The van der Waals surface area contributed by atoms with E-state index in [1.54, 1.807) is 24.8 Å². The van der Waals surface area contributed by atoms with Gasteiger partial charge >= 0.3 is 0 Å². The minimum atomic E-state index is -0.604. The molecule has 0 bridgehead atoms. The lowest BCUT2D eigenvalue weighted by Crippen LogP contribution is -2.22. The van der Waals surface area contributed by atoms with Crippen molar-refractivity contribution >= 4 is 17.5 Å². The first-order chi connectivity index (χ1) is 12.0. The average Bonchev–Trinajstić information content (AvgIpc) is 3.00. The van der Waals surface area contributed by atoms with Crippen molar-refractivity contribution in [1.29, 1.82) is 0 Å². The van der Waals surface area contributed by atoms with Gasteiger partial charge in [-0.15, -0.1) is 0 Å². The maximum Gasteiger partial charge on any atom is 0.274 e. The van der Waals surface area contributed by atoms with Crippen LogP contribution in [-0.2, 0) is 12.0 Å². The van der Waals surface area contributed by atoms with Gasteiger partial charge in [-0.2, -0.15) is 5.10 Å². The van der Waals surface area contributed by atoms with Crippen molar-refractivity contribution in [3.63, 3.8) is 0 Å². The van der Waals surface area contributed by atoms with Gasteiger partial charge in [-0.05, 0) is 31.2 Å². The van der Waals surface area contributed by atoms with E-state index in [9.17, 15) is 14.0 Å². The number of aromatic nitrogens is 2. The zero-order chi connectivity index (χ0) is 19.6. The second-order valence-electron chi connectivity index (χ2n) is 7.33. The van der Waals surface area contributed by atoms with Crippen molar-refractivity contribution in [1.82, 2.24) is 14.7 Å². The van der Waals surface area contributed by atoms with Crippen molar-refractivity contribution in [3.05, 3.63) is 47.0 Å². The molecule has 1 aromatic carbocycles. The Kier molecular flexibility index (Phi) is 5.49. The zero-order valence-electron chi connectivity index (χ0n) is 16.1. The Balaban J connectivity index is 2.34. The van der Waals surface area contributed by atoms with Crippen LogP contribution in [0.1, 0.15) is 54.2 Å². The van der Waals surface area contributed by atoms with Crippen LogP contribution >= 0.6 is 0 Å². The molecule has 6 nitrogen and oxygen atoms in total. The van der Waals surface area contributed by atoms with E-state index in [1.165, 1.54) is 23.1 Å². The molecule has 0 spiro atoms. The molecule has 26 heavy (non-hydrogen) atoms. The third-order valence-corrected chi connectivity index (χ3v) is 3.95. The molecular formula is C19H25FN4O2. The normalized spacial score (nSPS) is 11.3. The summed E-state index contributed by atoms with van der Waals surface area (Å²) in [7, 11) is 3.22. The molecule has 0 saturated carbocycles. The van der Waals surface area contributed by atoms with E-state index in [2.05, 4.69) is 10.4 Å². The van der Waals surface area contributed by atoms with Crippen molar-refractivity contribution in [2.75, 3.05) is 19.4 Å². The lowest BCUT2D eigenvalue weighted by molar-refractivity contribution is 0.0827. The molecule has 0 radical (unpaired) electrons. The number of aryl methyl sites for hydroxylation is 1. The second-order valence-corrected chi connectivity index (χ2v) is 7.33. The van der Waals surface area contributed by atoms with Gasteiger partial charge in [0.15, 0.2) is 0 Å². The molecular weight excluding hydrogens is 335 g/mol. The van der Waals surface area contributed by atoms with Crippen LogP contribution in [0.5, 0.6) is 0 Å². The Labute approximate surface area is 153 Å². The fraction of sp³-hybridized carbons (Fsp3) is 0.421. The van der Waals surface area contributed by atoms with E-state index in [0.717, 1.165) is 5.69 Å². The summed E-state index contributed by atoms with van der Waals surface area (Å²) in [5.74, 6) is -1.34. The quantitative estimate of drug-likeness (QED) is 0.910. The fourth-order valence-electron chi connectivity index (χ4n) is 2.41. The SMILES string of the molecule is CCn1nc(C(C)(C)C)cc1C(=O)Nc1cc(C(=O)N(C)C)ccc1F. The molecule has 1 N–H and O–H groups in total. The van der Waals surface area contributed by atoms with Gasteiger partial charge in [0.25, 0.3) is 11.8 Å². The van der Waals surface area contributed by atoms with Gasteiger partial charge in [0.2, 0.25) is 0 Å². The van der Waals surface area contributed by atoms with Crippen molar-refractivity contribution in [2.45, 2.75) is 39.7 Å². The Morgan fingerprint density at radius 2 is 1.88 bits per heavy atom. The summed E-state index contributed by atoms with van der Waals surface area (Å²) < 4.78 is 15.7. The van der Waals surface area contributed by atoms with Crippen LogP contribution in [0.2, 0.25) is 0 Å². The summed E-state index contributed by atoms with van der Waals surface area (Å²) in [5, 5.41) is 7.01. The number of halogens is 1. The van der Waals surface area contributed by atoms with Gasteiger partial charge in [0, 0.05) is 31.6 Å². The van der Waals surface area contributed by atoms with Crippen molar-refractivity contribution < 1.29 is 14.0 Å². The first-order valence-electron chi connectivity index (χ1n) is 8.45. The van der Waals surface area contributed by atoms with Crippen LogP contribution in [0, 0.1) is 5.82 Å². The Morgan fingerprint density at radius 3 is 2.42 bits per heavy atom. The zero-order valence-corrected chi connectivity index (χ0v) is 16.1. The fourth-order valence-corrected chi connectivity index (χ4v) is 2.41. The van der Waals surface area contributed by atoms with Crippen LogP contribution in [0.4, 0.5) is 10.1 Å². The third-order valence-electron chi connectivity index (χ3n) is 3.95. The van der Waals surface area contributed by atoms with Gasteiger partial charge in [0.05, 0.1) is 11.4 Å². The maximum absolute atomic E-state index is 14.1. The van der Waals surface area contributed by atoms with Gasteiger partial charge in [-0.3, -0.25) is 14.3 Å². The molecule has 140 valence electrons. The highest BCUT2D eigenvalue weighted by atomic mass is 19.1. The highest BCUT2D eigenvalue weighted by Gasteiger charge is 2.23. The Hall–Kier alpha value is -2.70. The summed E-state index contributed by atoms with van der Waals surface area (Å²) >= 11 is 0.